The van der Waals surface area contributed by atoms with Crippen molar-refractivity contribution < 1.29 is 19.4 Å². The van der Waals surface area contributed by atoms with Crippen molar-refractivity contribution >= 4 is 31.2 Å². The van der Waals surface area contributed by atoms with E-state index in [1.165, 1.54) is 6.92 Å². The molecule has 0 saturated heterocycles. The molecule has 13 heavy (non-hydrogen) atoms. The minimum absolute atomic E-state index is 0.0369. The van der Waals surface area contributed by atoms with E-state index in [-0.39, 0.29) is 26.4 Å². The number of carbonyl (C=O) groups is 1. The van der Waals surface area contributed by atoms with Gasteiger partial charge >= 0.3 is 5.97 Å². The summed E-state index contributed by atoms with van der Waals surface area (Å²) in [5, 5.41) is 8.35. The van der Waals surface area contributed by atoms with Gasteiger partial charge in [0.2, 0.25) is 0 Å². The summed E-state index contributed by atoms with van der Waals surface area (Å²) in [6.45, 7) is 2.15. The first-order valence-corrected chi connectivity index (χ1v) is 4.68. The monoisotopic (exact) mass is 226 g/mol. The van der Waals surface area contributed by atoms with Gasteiger partial charge in [0, 0.05) is 0 Å². The van der Waals surface area contributed by atoms with Crippen molar-refractivity contribution in [1.29, 1.82) is 0 Å². The van der Waals surface area contributed by atoms with Gasteiger partial charge in [0.05, 0.1) is 19.8 Å². The molecule has 0 saturated carbocycles. The molecule has 0 fully saturated rings. The summed E-state index contributed by atoms with van der Waals surface area (Å²) in [4.78, 5) is 11.0. The second-order valence-electron chi connectivity index (χ2n) is 2.49. The molecule has 0 spiro atoms. The molecule has 0 rings (SSSR count). The van der Waals surface area contributed by atoms with Gasteiger partial charge in [0.1, 0.15) is 6.61 Å². The molecule has 0 atom stereocenters. The van der Waals surface area contributed by atoms with Gasteiger partial charge in [-0.15, -0.1) is 0 Å². The van der Waals surface area contributed by atoms with E-state index in [0.717, 1.165) is 0 Å². The van der Waals surface area contributed by atoms with Crippen molar-refractivity contribution in [2.75, 3.05) is 26.4 Å². The Hall–Kier alpha value is 0.0900. The lowest BCUT2D eigenvalue weighted by Gasteiger charge is -2.14. The normalized spacial score (nSPS) is 11.4. The number of ether oxygens (including phenoxy) is 2. The topological polar surface area (TPSA) is 55.8 Å². The smallest absolute Gasteiger partial charge is 0.331 e. The summed E-state index contributed by atoms with van der Waals surface area (Å²) < 4.78 is 8.55. The quantitative estimate of drug-likeness (QED) is 0.260. The number of rotatable bonds is 6. The molecule has 6 heteroatoms. The molecule has 1 N–H and O–H groups in total. The molecular formula is C7H14O4S2. The summed E-state index contributed by atoms with van der Waals surface area (Å²) in [6.07, 6.45) is 0. The van der Waals surface area contributed by atoms with Crippen LogP contribution in [0.1, 0.15) is 6.92 Å². The molecule has 0 unspecified atom stereocenters. The van der Waals surface area contributed by atoms with E-state index in [2.05, 4.69) is 25.3 Å². The zero-order valence-corrected chi connectivity index (χ0v) is 9.18. The molecule has 0 aromatic carbocycles. The van der Waals surface area contributed by atoms with Gasteiger partial charge in [-0.1, -0.05) is 0 Å². The van der Waals surface area contributed by atoms with Crippen LogP contribution >= 0.6 is 25.3 Å². The van der Waals surface area contributed by atoms with Crippen LogP contribution in [0.4, 0.5) is 0 Å². The molecule has 0 aliphatic heterocycles. The Balaban J connectivity index is 3.38. The van der Waals surface area contributed by atoms with Crippen LogP contribution in [0.3, 0.4) is 0 Å². The predicted octanol–water partition coefficient (Wildman–Crippen LogP) is 0.114. The number of hydrogen-bond donors (Lipinski definition) is 3. The summed E-state index contributed by atoms with van der Waals surface area (Å²) in [5.41, 5.74) is 0. The van der Waals surface area contributed by atoms with E-state index >= 15 is 0 Å². The van der Waals surface area contributed by atoms with E-state index in [0.29, 0.717) is 0 Å². The van der Waals surface area contributed by atoms with Crippen LogP contribution < -0.4 is 0 Å². The summed E-state index contributed by atoms with van der Waals surface area (Å²) >= 11 is 7.80. The maximum atomic E-state index is 11.0. The van der Waals surface area contributed by atoms with Crippen molar-refractivity contribution in [3.8, 4) is 0 Å². The largest absolute Gasteiger partial charge is 0.462 e. The molecule has 0 aliphatic carbocycles. The van der Waals surface area contributed by atoms with Gasteiger partial charge in [-0.05, 0) is 6.92 Å². The highest BCUT2D eigenvalue weighted by Crippen LogP contribution is 2.19. The number of hydrogen-bond acceptors (Lipinski definition) is 6. The molecular weight excluding hydrogens is 212 g/mol. The SMILES string of the molecule is CC(S)(S)C(=O)OCCOCCO. The number of carbonyl (C=O) groups excluding carboxylic acids is 1. The zero-order valence-electron chi connectivity index (χ0n) is 7.39. The molecule has 4 nitrogen and oxygen atoms in total. The number of esters is 1. The van der Waals surface area contributed by atoms with Gasteiger partial charge in [-0.25, -0.2) is 4.79 Å². The van der Waals surface area contributed by atoms with Gasteiger partial charge in [0.25, 0.3) is 0 Å². The van der Waals surface area contributed by atoms with Crippen LogP contribution in [0, 0.1) is 0 Å². The Bertz CT molecular complexity index is 155. The fourth-order valence-corrected chi connectivity index (χ4v) is 0.626. The number of aliphatic hydroxyl groups is 1. The standard InChI is InChI=1S/C7H14O4S2/c1-7(12,13)6(9)11-5-4-10-3-2-8/h8,12-13H,2-5H2,1H3. The lowest BCUT2D eigenvalue weighted by atomic mass is 10.5. The van der Waals surface area contributed by atoms with E-state index in [9.17, 15) is 4.79 Å². The second-order valence-corrected chi connectivity index (χ2v) is 4.63. The third-order valence-electron chi connectivity index (χ3n) is 1.08. The van der Waals surface area contributed by atoms with Crippen LogP contribution in [0.5, 0.6) is 0 Å². The number of thiol groups is 2. The van der Waals surface area contributed by atoms with Crippen molar-refractivity contribution in [2.45, 2.75) is 11.0 Å². The average molecular weight is 226 g/mol. The Morgan fingerprint density at radius 1 is 1.38 bits per heavy atom. The molecule has 0 aromatic heterocycles. The van der Waals surface area contributed by atoms with Crippen LogP contribution in [-0.4, -0.2) is 41.6 Å². The lowest BCUT2D eigenvalue weighted by molar-refractivity contribution is -0.145. The molecule has 0 aromatic rings. The lowest BCUT2D eigenvalue weighted by Crippen LogP contribution is -2.26. The minimum atomic E-state index is -1.07. The molecule has 0 heterocycles. The summed E-state index contributed by atoms with van der Waals surface area (Å²) in [5.74, 6) is -0.508. The van der Waals surface area contributed by atoms with E-state index in [4.69, 9.17) is 14.6 Å². The zero-order chi connectivity index (χ0) is 10.3. The van der Waals surface area contributed by atoms with Gasteiger partial charge in [-0.2, -0.15) is 25.3 Å². The highest BCUT2D eigenvalue weighted by atomic mass is 32.2. The third-order valence-corrected chi connectivity index (χ3v) is 1.45. The van der Waals surface area contributed by atoms with Gasteiger partial charge in [0.15, 0.2) is 4.08 Å². The molecule has 0 aliphatic rings. The fraction of sp³-hybridized carbons (Fsp3) is 0.857. The Morgan fingerprint density at radius 3 is 2.46 bits per heavy atom. The first-order valence-electron chi connectivity index (χ1n) is 3.79. The Morgan fingerprint density at radius 2 is 2.00 bits per heavy atom. The minimum Gasteiger partial charge on any atom is -0.462 e. The van der Waals surface area contributed by atoms with Crippen LogP contribution in [-0.2, 0) is 14.3 Å². The highest BCUT2D eigenvalue weighted by molar-refractivity contribution is 8.01. The first kappa shape index (κ1) is 13.1. The molecule has 78 valence electrons. The Labute approximate surface area is 88.4 Å². The van der Waals surface area contributed by atoms with Crippen LogP contribution in [0.2, 0.25) is 0 Å². The van der Waals surface area contributed by atoms with Crippen LogP contribution in [0.25, 0.3) is 0 Å². The summed E-state index contributed by atoms with van der Waals surface area (Å²) in [7, 11) is 0. The Kier molecular flexibility index (Phi) is 6.58. The van der Waals surface area contributed by atoms with E-state index in [1.54, 1.807) is 0 Å². The number of aliphatic hydroxyl groups excluding tert-OH is 1. The second kappa shape index (κ2) is 6.53. The van der Waals surface area contributed by atoms with Crippen molar-refractivity contribution in [3.05, 3.63) is 0 Å². The van der Waals surface area contributed by atoms with Crippen molar-refractivity contribution in [2.24, 2.45) is 0 Å². The first-order chi connectivity index (χ1) is 5.98. The van der Waals surface area contributed by atoms with Crippen LogP contribution in [0.15, 0.2) is 0 Å². The van der Waals surface area contributed by atoms with Gasteiger partial charge < -0.3 is 14.6 Å². The van der Waals surface area contributed by atoms with Crippen molar-refractivity contribution in [1.82, 2.24) is 0 Å². The molecule has 0 radical (unpaired) electrons. The molecule has 0 amide bonds. The van der Waals surface area contributed by atoms with Crippen molar-refractivity contribution in [3.63, 3.8) is 0 Å². The van der Waals surface area contributed by atoms with E-state index in [1.807, 2.05) is 0 Å². The maximum Gasteiger partial charge on any atom is 0.331 e. The average Bonchev–Trinajstić information content (AvgIpc) is 2.02. The summed E-state index contributed by atoms with van der Waals surface area (Å²) in [6, 6.07) is 0. The van der Waals surface area contributed by atoms with E-state index < -0.39 is 10.0 Å². The fourth-order valence-electron chi connectivity index (χ4n) is 0.497. The van der Waals surface area contributed by atoms with Gasteiger partial charge in [-0.3, -0.25) is 0 Å². The third kappa shape index (κ3) is 7.18. The predicted molar refractivity (Wildman–Crippen MR) is 55.2 cm³/mol. The highest BCUT2D eigenvalue weighted by Gasteiger charge is 2.25. The molecule has 0 bridgehead atoms. The maximum absolute atomic E-state index is 11.0.